The van der Waals surface area contributed by atoms with Crippen LogP contribution in [0.5, 0.6) is 23.0 Å². The number of nitrogens with one attached hydrogen (secondary N) is 2. The fourth-order valence-corrected chi connectivity index (χ4v) is 11.9. The number of nitrogens with zero attached hydrogens (tertiary/aromatic N) is 14. The molecular weight excluding hydrogens is 1470 g/mol. The van der Waals surface area contributed by atoms with Gasteiger partial charge in [-0.2, -0.15) is 0 Å². The number of phenolic OH excluding ortho intramolecular Hbond substituents is 4. The molecule has 0 unspecified atom stereocenters. The van der Waals surface area contributed by atoms with Gasteiger partial charge in [-0.25, -0.2) is 9.36 Å². The second kappa shape index (κ2) is 29.6. The molecule has 12 rings (SSSR count). The highest BCUT2D eigenvalue weighted by Crippen LogP contribution is 2.44. The minimum atomic E-state index is -0.795. The van der Waals surface area contributed by atoms with Gasteiger partial charge in [0.2, 0.25) is 23.1 Å². The Morgan fingerprint density at radius 2 is 0.700 bits per heavy atom. The molecule has 12 aromatic rings. The summed E-state index contributed by atoms with van der Waals surface area (Å²) >= 11 is 51.9. The van der Waals surface area contributed by atoms with E-state index in [1.807, 2.05) is 13.8 Å². The summed E-state index contributed by atoms with van der Waals surface area (Å²) in [6, 6.07) is 19.6. The average Bonchev–Trinajstić information content (AvgIpc) is 1.59. The average molecular weight is 1520 g/mol. The molecule has 0 fully saturated rings. The third-order valence-electron chi connectivity index (χ3n) is 15.1. The topological polar surface area (TPSA) is 366 Å². The first kappa shape index (κ1) is 71.0. The molecular formula is C64H48Cl8N16O12. The van der Waals surface area contributed by atoms with Gasteiger partial charge in [0.25, 0.3) is 0 Å². The summed E-state index contributed by atoms with van der Waals surface area (Å²) in [5, 5.41) is 74.6. The van der Waals surface area contributed by atoms with Crippen molar-refractivity contribution in [2.24, 2.45) is 0 Å². The van der Waals surface area contributed by atoms with Gasteiger partial charge in [-0.3, -0.25) is 47.3 Å². The number of carbonyl (C=O) groups is 6. The highest BCUT2D eigenvalue weighted by atomic mass is 35.5. The molecule has 512 valence electrons. The Balaban J connectivity index is 0.000000204. The second-order valence-electron chi connectivity index (χ2n) is 21.3. The van der Waals surface area contributed by atoms with E-state index in [1.165, 1.54) is 99.1 Å². The normalized spacial score (nSPS) is 11.2. The minimum absolute atomic E-state index is 0.0311. The number of rotatable bonds is 22. The van der Waals surface area contributed by atoms with E-state index in [4.69, 9.17) is 102 Å². The standard InChI is InChI=1S/C34H26Cl4N8O8.C30H22Cl4N8O4/c1-3-53-26(49)14-44-12-21(40-42-44)16-5-7-18(24(47)9-16)31(51)23-11-20(35)34(38)46(23)30-28(36)33(37)39-29(30)32(52)19-8-6-17(10-25(19)48)22-13-45(43-41-22)15-27(50)54-4-2;1-3-40-12-19(36-38-40)14-5-7-16(22(43)9-14)27(45)21-11-18(31)30(34)42(21)26-24(32)29(33)35-25(26)28(46)17-8-6-15(10-23(17)44)20-13-41(4-2)39-37-20/h5-13,39,47-48H,3-4,14-15H2,1-2H3;5-13,35,43-44H,3-4H2,1-2H3. The fraction of sp³-hybridized carbons (Fsp3) is 0.156. The van der Waals surface area contributed by atoms with Crippen LogP contribution in [-0.4, -0.2) is 148 Å². The van der Waals surface area contributed by atoms with E-state index in [2.05, 4.69) is 51.2 Å². The van der Waals surface area contributed by atoms with Crippen molar-refractivity contribution in [3.63, 3.8) is 0 Å². The summed E-state index contributed by atoms with van der Waals surface area (Å²) in [5.74, 6) is -5.57. The van der Waals surface area contributed by atoms with Crippen LogP contribution < -0.4 is 0 Å². The highest BCUT2D eigenvalue weighted by molar-refractivity contribution is 6.46. The zero-order chi connectivity index (χ0) is 71.7. The molecule has 8 heterocycles. The number of carbonyl (C=O) groups excluding carboxylic acids is 6. The van der Waals surface area contributed by atoms with Crippen molar-refractivity contribution in [2.75, 3.05) is 13.2 Å². The van der Waals surface area contributed by atoms with Crippen LogP contribution in [0.3, 0.4) is 0 Å². The van der Waals surface area contributed by atoms with Crippen molar-refractivity contribution < 1.29 is 58.7 Å². The molecule has 0 amide bonds. The van der Waals surface area contributed by atoms with Crippen LogP contribution >= 0.6 is 92.8 Å². The number of aromatic hydroxyl groups is 4. The summed E-state index contributed by atoms with van der Waals surface area (Å²) < 4.78 is 17.9. The van der Waals surface area contributed by atoms with Gasteiger partial charge < -0.3 is 39.9 Å². The van der Waals surface area contributed by atoms with Gasteiger partial charge in [-0.05, 0) is 88.4 Å². The van der Waals surface area contributed by atoms with E-state index in [-0.39, 0.29) is 135 Å². The number of aromatic nitrogens is 16. The minimum Gasteiger partial charge on any atom is -0.507 e. The Morgan fingerprint density at radius 3 is 0.980 bits per heavy atom. The number of hydrogen-bond donors (Lipinski definition) is 6. The summed E-state index contributed by atoms with van der Waals surface area (Å²) in [4.78, 5) is 84.9. The molecule has 28 nitrogen and oxygen atoms in total. The number of ether oxygens (including phenoxy) is 2. The van der Waals surface area contributed by atoms with E-state index in [9.17, 15) is 49.2 Å². The smallest absolute Gasteiger partial charge is 0.327 e. The molecule has 8 aromatic heterocycles. The molecule has 0 saturated carbocycles. The zero-order valence-electron chi connectivity index (χ0n) is 52.0. The number of benzene rings is 4. The number of ketones is 4. The number of halogens is 8. The first-order chi connectivity index (χ1) is 47.8. The quantitative estimate of drug-likeness (QED) is 0.0271. The lowest BCUT2D eigenvalue weighted by molar-refractivity contribution is -0.145. The number of aryl methyl sites for hydroxylation is 2. The molecule has 36 heteroatoms. The van der Waals surface area contributed by atoms with Crippen LogP contribution in [0.25, 0.3) is 56.4 Å². The number of hydrogen-bond acceptors (Lipinski definition) is 20. The van der Waals surface area contributed by atoms with Crippen LogP contribution in [-0.2, 0) is 45.2 Å². The molecule has 4 aromatic carbocycles. The second-order valence-corrected chi connectivity index (χ2v) is 24.4. The maximum atomic E-state index is 14.0. The Morgan fingerprint density at radius 1 is 0.410 bits per heavy atom. The van der Waals surface area contributed by atoms with Gasteiger partial charge >= 0.3 is 11.9 Å². The Kier molecular flexibility index (Phi) is 21.0. The summed E-state index contributed by atoms with van der Waals surface area (Å²) in [7, 11) is 0. The third-order valence-corrected chi connectivity index (χ3v) is 18.1. The van der Waals surface area contributed by atoms with Crippen molar-refractivity contribution in [1.29, 1.82) is 0 Å². The van der Waals surface area contributed by atoms with E-state index < -0.39 is 46.6 Å². The number of esters is 2. The summed E-state index contributed by atoms with van der Waals surface area (Å²) in [6.07, 6.45) is 6.35. The van der Waals surface area contributed by atoms with Crippen molar-refractivity contribution in [3.8, 4) is 79.4 Å². The zero-order valence-corrected chi connectivity index (χ0v) is 58.0. The van der Waals surface area contributed by atoms with Gasteiger partial charge in [-0.15, -0.1) is 20.4 Å². The van der Waals surface area contributed by atoms with Crippen LogP contribution in [0.15, 0.2) is 110 Å². The molecule has 0 saturated heterocycles. The van der Waals surface area contributed by atoms with Gasteiger partial charge in [0.05, 0.1) is 93.1 Å². The van der Waals surface area contributed by atoms with Crippen LogP contribution in [0.4, 0.5) is 0 Å². The first-order valence-electron chi connectivity index (χ1n) is 29.5. The summed E-state index contributed by atoms with van der Waals surface area (Å²) in [5.41, 5.74) is 1.86. The predicted molar refractivity (Wildman–Crippen MR) is 367 cm³/mol. The van der Waals surface area contributed by atoms with Crippen molar-refractivity contribution in [2.45, 2.75) is 53.9 Å². The molecule has 0 aliphatic carbocycles. The van der Waals surface area contributed by atoms with Gasteiger partial charge in [-0.1, -0.05) is 138 Å². The van der Waals surface area contributed by atoms with Crippen LogP contribution in [0, 0.1) is 0 Å². The molecule has 0 aliphatic rings. The van der Waals surface area contributed by atoms with Gasteiger partial charge in [0.1, 0.15) is 101 Å². The highest BCUT2D eigenvalue weighted by Gasteiger charge is 2.34. The molecule has 0 spiro atoms. The Labute approximate surface area is 603 Å². The predicted octanol–water partition coefficient (Wildman–Crippen LogP) is 12.8. The molecule has 0 bridgehead atoms. The SMILES string of the molecule is CCOC(=O)Cn1cc(-c2ccc(C(=O)c3[nH]c(Cl)c(Cl)c3-n3c(C(=O)c4ccc(-c5cn(CC(=O)OCC)nn5)cc4O)cc(Cl)c3Cl)c(O)c2)nn1.CCn1cc(-c2ccc(C(=O)c3[nH]c(Cl)c(Cl)c3-n3c(C(=O)c4ccc(-c5cn(CC)nn5)cc4O)cc(Cl)c3Cl)c(O)c2)nn1. The van der Waals surface area contributed by atoms with Crippen LogP contribution in [0.1, 0.15) is 91.9 Å². The molecule has 6 N–H and O–H groups in total. The number of H-pyrrole nitrogens is 2. The number of aromatic amines is 2. The van der Waals surface area contributed by atoms with Gasteiger partial charge in [0.15, 0.2) is 0 Å². The van der Waals surface area contributed by atoms with E-state index in [1.54, 1.807) is 47.7 Å². The Bertz CT molecular complexity index is 4930. The molecule has 100 heavy (non-hydrogen) atoms. The van der Waals surface area contributed by atoms with Crippen molar-refractivity contribution in [3.05, 3.63) is 195 Å². The number of phenols is 4. The maximum Gasteiger partial charge on any atom is 0.327 e. The fourth-order valence-electron chi connectivity index (χ4n) is 10.2. The maximum absolute atomic E-state index is 14.0. The van der Waals surface area contributed by atoms with E-state index >= 15 is 0 Å². The van der Waals surface area contributed by atoms with Crippen molar-refractivity contribution >= 4 is 128 Å². The largest absolute Gasteiger partial charge is 0.507 e. The van der Waals surface area contributed by atoms with E-state index in [0.29, 0.717) is 58.1 Å². The lowest BCUT2D eigenvalue weighted by Crippen LogP contribution is -2.13. The lowest BCUT2D eigenvalue weighted by atomic mass is 10.0. The van der Waals surface area contributed by atoms with Gasteiger partial charge in [0, 0.05) is 35.3 Å². The van der Waals surface area contributed by atoms with E-state index in [0.717, 1.165) is 4.57 Å². The molecule has 0 aliphatic heterocycles. The molecule has 0 atom stereocenters. The first-order valence-corrected chi connectivity index (χ1v) is 32.6. The Hall–Kier alpha value is -10.3. The van der Waals surface area contributed by atoms with Crippen LogP contribution in [0.2, 0.25) is 40.7 Å². The van der Waals surface area contributed by atoms with Crippen molar-refractivity contribution in [1.82, 2.24) is 79.1 Å². The third kappa shape index (κ3) is 14.2. The monoisotopic (exact) mass is 1510 g/mol. The summed E-state index contributed by atoms with van der Waals surface area (Å²) in [6.45, 7) is 8.45. The molecule has 0 radical (unpaired) electrons. The lowest BCUT2D eigenvalue weighted by Gasteiger charge is -2.13.